The molecule has 1 aromatic carbocycles. The molecule has 124 valence electrons. The molecule has 8 heteroatoms. The van der Waals surface area contributed by atoms with Gasteiger partial charge in [0.25, 0.3) is 5.91 Å². The monoisotopic (exact) mass is 383 g/mol. The molecule has 2 aromatic heterocycles. The fourth-order valence-electron chi connectivity index (χ4n) is 2.07. The van der Waals surface area contributed by atoms with E-state index >= 15 is 0 Å². The molecular weight excluding hydrogens is 373 g/mol. The second-order valence-electron chi connectivity index (χ2n) is 4.96. The molecule has 3 rings (SSSR count). The molecular formula is C16H12Cl3N3O2. The fourth-order valence-corrected chi connectivity index (χ4v) is 2.66. The zero-order valence-electron chi connectivity index (χ0n) is 12.3. The number of halogens is 3. The van der Waals surface area contributed by atoms with E-state index in [0.717, 1.165) is 11.3 Å². The molecule has 0 bridgehead atoms. The Morgan fingerprint density at radius 1 is 1.17 bits per heavy atom. The number of hydrogen-bond acceptors (Lipinski definition) is 3. The predicted octanol–water partition coefficient (Wildman–Crippen LogP) is 3.99. The van der Waals surface area contributed by atoms with Crippen molar-refractivity contribution in [3.05, 3.63) is 63.5 Å². The lowest BCUT2D eigenvalue weighted by Crippen LogP contribution is -2.28. The number of pyridine rings is 1. The number of rotatable bonds is 5. The summed E-state index contributed by atoms with van der Waals surface area (Å²) in [5.74, 6) is 0.00291. The van der Waals surface area contributed by atoms with Crippen molar-refractivity contribution in [1.29, 1.82) is 0 Å². The van der Waals surface area contributed by atoms with Gasteiger partial charge >= 0.3 is 0 Å². The van der Waals surface area contributed by atoms with Crippen LogP contribution in [0, 0.1) is 0 Å². The van der Waals surface area contributed by atoms with Crippen molar-refractivity contribution < 1.29 is 9.53 Å². The average molecular weight is 385 g/mol. The van der Waals surface area contributed by atoms with Crippen LogP contribution in [-0.4, -0.2) is 21.9 Å². The minimum atomic E-state index is -0.297. The van der Waals surface area contributed by atoms with Gasteiger partial charge in [0.1, 0.15) is 11.4 Å². The van der Waals surface area contributed by atoms with Crippen LogP contribution in [0.2, 0.25) is 15.1 Å². The van der Waals surface area contributed by atoms with Gasteiger partial charge in [-0.15, -0.1) is 0 Å². The third-order valence-corrected chi connectivity index (χ3v) is 4.23. The number of benzene rings is 1. The van der Waals surface area contributed by atoms with Gasteiger partial charge < -0.3 is 14.5 Å². The second kappa shape index (κ2) is 7.30. The van der Waals surface area contributed by atoms with Crippen LogP contribution < -0.4 is 10.1 Å². The average Bonchev–Trinajstić information content (AvgIpc) is 2.98. The van der Waals surface area contributed by atoms with Crippen molar-refractivity contribution in [3.8, 4) is 5.75 Å². The smallest absolute Gasteiger partial charge is 0.258 e. The van der Waals surface area contributed by atoms with E-state index in [1.54, 1.807) is 0 Å². The Morgan fingerprint density at radius 2 is 1.96 bits per heavy atom. The normalized spacial score (nSPS) is 10.8. The number of carbonyl (C=O) groups excluding carboxylic acids is 1. The third kappa shape index (κ3) is 3.93. The van der Waals surface area contributed by atoms with E-state index in [-0.39, 0.29) is 17.5 Å². The molecule has 0 aliphatic rings. The number of nitrogens with one attached hydrogen (secondary N) is 1. The largest absolute Gasteiger partial charge is 0.482 e. The van der Waals surface area contributed by atoms with Crippen molar-refractivity contribution in [2.45, 2.75) is 6.54 Å². The summed E-state index contributed by atoms with van der Waals surface area (Å²) in [6.45, 7) is 0.115. The molecule has 0 aliphatic heterocycles. The number of ether oxygens (including phenoxy) is 1. The van der Waals surface area contributed by atoms with E-state index in [1.807, 2.05) is 35.0 Å². The van der Waals surface area contributed by atoms with E-state index < -0.39 is 0 Å². The van der Waals surface area contributed by atoms with Crippen LogP contribution in [-0.2, 0) is 11.3 Å². The quantitative estimate of drug-likeness (QED) is 0.677. The van der Waals surface area contributed by atoms with E-state index in [0.29, 0.717) is 22.3 Å². The lowest BCUT2D eigenvalue weighted by molar-refractivity contribution is -0.123. The van der Waals surface area contributed by atoms with Crippen LogP contribution in [0.4, 0.5) is 0 Å². The third-order valence-electron chi connectivity index (χ3n) is 3.21. The fraction of sp³-hybridized carbons (Fsp3) is 0.125. The summed E-state index contributed by atoms with van der Waals surface area (Å²) < 4.78 is 7.25. The highest BCUT2D eigenvalue weighted by Gasteiger charge is 2.10. The second-order valence-corrected chi connectivity index (χ2v) is 6.18. The van der Waals surface area contributed by atoms with Crippen LogP contribution in [0.5, 0.6) is 5.75 Å². The molecule has 0 atom stereocenters. The summed E-state index contributed by atoms with van der Waals surface area (Å²) in [5.41, 5.74) is 1.57. The Morgan fingerprint density at radius 3 is 2.75 bits per heavy atom. The van der Waals surface area contributed by atoms with Crippen LogP contribution in [0.25, 0.3) is 5.65 Å². The van der Waals surface area contributed by atoms with Gasteiger partial charge in [-0.2, -0.15) is 0 Å². The highest BCUT2D eigenvalue weighted by atomic mass is 35.5. The maximum absolute atomic E-state index is 11.9. The van der Waals surface area contributed by atoms with Crippen LogP contribution >= 0.6 is 34.8 Å². The molecule has 0 saturated heterocycles. The number of hydrogen-bond donors (Lipinski definition) is 1. The van der Waals surface area contributed by atoms with E-state index in [1.165, 1.54) is 12.1 Å². The number of fused-ring (bicyclic) bond motifs is 1. The Bertz CT molecular complexity index is 862. The molecule has 0 radical (unpaired) electrons. The maximum atomic E-state index is 11.9. The maximum Gasteiger partial charge on any atom is 0.258 e. The molecule has 24 heavy (non-hydrogen) atoms. The summed E-state index contributed by atoms with van der Waals surface area (Å²) in [5, 5.41) is 3.65. The van der Waals surface area contributed by atoms with Gasteiger partial charge in [-0.3, -0.25) is 4.79 Å². The van der Waals surface area contributed by atoms with Crippen LogP contribution in [0.1, 0.15) is 5.69 Å². The van der Waals surface area contributed by atoms with Crippen molar-refractivity contribution >= 4 is 46.4 Å². The molecule has 2 heterocycles. The van der Waals surface area contributed by atoms with Crippen molar-refractivity contribution in [3.63, 3.8) is 0 Å². The SMILES string of the molecule is O=C(COc1cc(Cl)c(Cl)cc1Cl)NCc1cn2ccccc2n1. The number of aromatic nitrogens is 2. The Balaban J connectivity index is 1.55. The Kier molecular flexibility index (Phi) is 5.14. The van der Waals surface area contributed by atoms with Gasteiger partial charge in [-0.1, -0.05) is 40.9 Å². The summed E-state index contributed by atoms with van der Waals surface area (Å²) in [6, 6.07) is 8.64. The highest BCUT2D eigenvalue weighted by molar-refractivity contribution is 6.43. The number of carbonyl (C=O) groups is 1. The van der Waals surface area contributed by atoms with E-state index in [9.17, 15) is 4.79 Å². The van der Waals surface area contributed by atoms with Gasteiger partial charge in [-0.05, 0) is 18.2 Å². The number of imidazole rings is 1. The van der Waals surface area contributed by atoms with Gasteiger partial charge in [0.15, 0.2) is 6.61 Å². The van der Waals surface area contributed by atoms with Gasteiger partial charge in [0.2, 0.25) is 0 Å². The Hall–Kier alpha value is -1.95. The summed E-state index contributed by atoms with van der Waals surface area (Å²) >= 11 is 17.7. The molecule has 1 N–H and O–H groups in total. The van der Waals surface area contributed by atoms with Crippen molar-refractivity contribution in [2.24, 2.45) is 0 Å². The highest BCUT2D eigenvalue weighted by Crippen LogP contribution is 2.33. The first-order valence-corrected chi connectivity index (χ1v) is 8.13. The van der Waals surface area contributed by atoms with E-state index in [2.05, 4.69) is 10.3 Å². The van der Waals surface area contributed by atoms with Gasteiger partial charge in [0, 0.05) is 18.5 Å². The lowest BCUT2D eigenvalue weighted by atomic mass is 10.3. The topological polar surface area (TPSA) is 55.6 Å². The first-order valence-electron chi connectivity index (χ1n) is 6.99. The van der Waals surface area contributed by atoms with E-state index in [4.69, 9.17) is 39.5 Å². The number of amides is 1. The lowest BCUT2D eigenvalue weighted by Gasteiger charge is -2.09. The molecule has 1 amide bonds. The first kappa shape index (κ1) is 16.9. The van der Waals surface area contributed by atoms with Crippen LogP contribution in [0.3, 0.4) is 0 Å². The summed E-state index contributed by atoms with van der Waals surface area (Å²) in [7, 11) is 0. The molecule has 0 aliphatic carbocycles. The summed E-state index contributed by atoms with van der Waals surface area (Å²) in [6.07, 6.45) is 3.75. The van der Waals surface area contributed by atoms with Crippen LogP contribution in [0.15, 0.2) is 42.7 Å². The first-order chi connectivity index (χ1) is 11.5. The minimum absolute atomic E-state index is 0.189. The molecule has 0 fully saturated rings. The zero-order valence-corrected chi connectivity index (χ0v) is 14.6. The predicted molar refractivity (Wildman–Crippen MR) is 94.0 cm³/mol. The molecule has 0 saturated carbocycles. The standard InChI is InChI=1S/C16H12Cl3N3O2/c17-11-5-13(19)14(6-12(11)18)24-9-16(23)20-7-10-8-22-4-2-1-3-15(22)21-10/h1-6,8H,7,9H2,(H,20,23). The molecule has 0 unspecified atom stereocenters. The van der Waals surface area contributed by atoms with Gasteiger partial charge in [0.05, 0.1) is 27.3 Å². The summed E-state index contributed by atoms with van der Waals surface area (Å²) in [4.78, 5) is 16.3. The zero-order chi connectivity index (χ0) is 17.1. The van der Waals surface area contributed by atoms with Crippen molar-refractivity contribution in [2.75, 3.05) is 6.61 Å². The molecule has 3 aromatic rings. The number of nitrogens with zero attached hydrogens (tertiary/aromatic N) is 2. The molecule has 0 spiro atoms. The van der Waals surface area contributed by atoms with Crippen molar-refractivity contribution in [1.82, 2.24) is 14.7 Å². The minimum Gasteiger partial charge on any atom is -0.482 e. The Labute approximate surface area is 153 Å². The molecule has 5 nitrogen and oxygen atoms in total. The van der Waals surface area contributed by atoms with Gasteiger partial charge in [-0.25, -0.2) is 4.98 Å².